The van der Waals surface area contributed by atoms with Crippen LogP contribution < -0.4 is 11.1 Å². The molecule has 7 heteroatoms. The summed E-state index contributed by atoms with van der Waals surface area (Å²) in [6.07, 6.45) is 0.615. The summed E-state index contributed by atoms with van der Waals surface area (Å²) in [5.41, 5.74) is 7.75. The monoisotopic (exact) mass is 315 g/mol. The van der Waals surface area contributed by atoms with Gasteiger partial charge >= 0.3 is 0 Å². The quantitative estimate of drug-likeness (QED) is 0.640. The molecule has 3 aromatic rings. The number of hydrogen-bond donors (Lipinski definition) is 3. The number of thiophene rings is 1. The average Bonchev–Trinajstić information content (AvgIpc) is 2.87. The van der Waals surface area contributed by atoms with Crippen molar-refractivity contribution in [2.24, 2.45) is 5.73 Å². The summed E-state index contributed by atoms with van der Waals surface area (Å²) in [4.78, 5) is 14.3. The molecule has 2 atom stereocenters. The number of anilines is 1. The van der Waals surface area contributed by atoms with E-state index in [2.05, 4.69) is 20.3 Å². The Bertz CT molecular complexity index is 787. The molecule has 0 saturated heterocycles. The fourth-order valence-electron chi connectivity index (χ4n) is 2.24. The molecule has 3 rings (SSSR count). The number of hydrogen-bond acceptors (Lipinski definition) is 7. The Morgan fingerprint density at radius 2 is 2.14 bits per heavy atom. The standard InChI is InChI=1S/C15H17N5OS/c1-8-7-11-13(22-8)12(14(16)21)20-15(19-11)18-9(2)10-5-3-4-6-17-10/h3-7,9,14,21H,16H2,1-2H3,(H,18,19,20)/t9-,14?/m0/s1. The van der Waals surface area contributed by atoms with Crippen molar-refractivity contribution in [2.45, 2.75) is 26.1 Å². The van der Waals surface area contributed by atoms with Crippen LogP contribution in [0.1, 0.15) is 35.5 Å². The van der Waals surface area contributed by atoms with Crippen LogP contribution >= 0.6 is 11.3 Å². The first-order chi connectivity index (χ1) is 10.5. The van der Waals surface area contributed by atoms with Crippen molar-refractivity contribution in [2.75, 3.05) is 5.32 Å². The maximum absolute atomic E-state index is 9.76. The van der Waals surface area contributed by atoms with Gasteiger partial charge in [0.1, 0.15) is 11.9 Å². The molecule has 0 amide bonds. The van der Waals surface area contributed by atoms with Gasteiger partial charge in [0.2, 0.25) is 5.95 Å². The van der Waals surface area contributed by atoms with Gasteiger partial charge in [0.25, 0.3) is 0 Å². The van der Waals surface area contributed by atoms with Crippen molar-refractivity contribution in [3.05, 3.63) is 46.7 Å². The third kappa shape index (κ3) is 2.92. The minimum Gasteiger partial charge on any atom is -0.373 e. The second kappa shape index (κ2) is 5.96. The lowest BCUT2D eigenvalue weighted by molar-refractivity contribution is 0.183. The fourth-order valence-corrected chi connectivity index (χ4v) is 3.21. The molecule has 3 heterocycles. The summed E-state index contributed by atoms with van der Waals surface area (Å²) >= 11 is 1.53. The maximum Gasteiger partial charge on any atom is 0.224 e. The summed E-state index contributed by atoms with van der Waals surface area (Å²) in [7, 11) is 0. The van der Waals surface area contributed by atoms with E-state index in [1.54, 1.807) is 6.20 Å². The highest BCUT2D eigenvalue weighted by atomic mass is 32.1. The third-order valence-corrected chi connectivity index (χ3v) is 4.34. The molecule has 0 aliphatic carbocycles. The number of fused-ring (bicyclic) bond motifs is 1. The van der Waals surface area contributed by atoms with Crippen molar-refractivity contribution >= 4 is 27.5 Å². The number of nitrogens with two attached hydrogens (primary N) is 1. The molecule has 0 spiro atoms. The summed E-state index contributed by atoms with van der Waals surface area (Å²) < 4.78 is 0.823. The van der Waals surface area contributed by atoms with Gasteiger partial charge in [0.15, 0.2) is 0 Å². The molecule has 0 radical (unpaired) electrons. The maximum atomic E-state index is 9.76. The van der Waals surface area contributed by atoms with E-state index in [-0.39, 0.29) is 6.04 Å². The van der Waals surface area contributed by atoms with Crippen molar-refractivity contribution in [3.8, 4) is 0 Å². The molecular weight excluding hydrogens is 298 g/mol. The van der Waals surface area contributed by atoms with Crippen LogP contribution in [0.25, 0.3) is 10.2 Å². The smallest absolute Gasteiger partial charge is 0.224 e. The van der Waals surface area contributed by atoms with Crippen molar-refractivity contribution in [1.82, 2.24) is 15.0 Å². The number of rotatable bonds is 4. The zero-order valence-corrected chi connectivity index (χ0v) is 13.1. The predicted octanol–water partition coefficient (Wildman–Crippen LogP) is 2.52. The first-order valence-electron chi connectivity index (χ1n) is 6.94. The molecule has 22 heavy (non-hydrogen) atoms. The summed E-state index contributed by atoms with van der Waals surface area (Å²) in [5.74, 6) is 0.433. The first kappa shape index (κ1) is 14.8. The number of nitrogens with zero attached hydrogens (tertiary/aromatic N) is 3. The van der Waals surface area contributed by atoms with Crippen LogP contribution in [0.4, 0.5) is 5.95 Å². The van der Waals surface area contributed by atoms with Gasteiger partial charge in [-0.05, 0) is 32.0 Å². The zero-order valence-electron chi connectivity index (χ0n) is 12.3. The molecule has 0 aliphatic rings. The molecule has 114 valence electrons. The Morgan fingerprint density at radius 1 is 1.32 bits per heavy atom. The van der Waals surface area contributed by atoms with Gasteiger partial charge in [-0.3, -0.25) is 4.98 Å². The van der Waals surface area contributed by atoms with Crippen LogP contribution in [0.15, 0.2) is 30.5 Å². The van der Waals surface area contributed by atoms with E-state index in [1.807, 2.05) is 38.1 Å². The molecule has 0 saturated carbocycles. The van der Waals surface area contributed by atoms with E-state index in [0.29, 0.717) is 11.6 Å². The van der Waals surface area contributed by atoms with Gasteiger partial charge < -0.3 is 16.2 Å². The number of aliphatic hydroxyl groups excluding tert-OH is 1. The lowest BCUT2D eigenvalue weighted by Gasteiger charge is -2.14. The molecule has 0 fully saturated rings. The second-order valence-electron chi connectivity index (χ2n) is 5.07. The van der Waals surface area contributed by atoms with Crippen LogP contribution in [0.3, 0.4) is 0 Å². The minimum atomic E-state index is -1.13. The summed E-state index contributed by atoms with van der Waals surface area (Å²) in [5, 5.41) is 13.0. The van der Waals surface area contributed by atoms with Crippen molar-refractivity contribution < 1.29 is 5.11 Å². The average molecular weight is 315 g/mol. The zero-order chi connectivity index (χ0) is 15.7. The van der Waals surface area contributed by atoms with Gasteiger partial charge in [0, 0.05) is 11.1 Å². The normalized spacial score (nSPS) is 14.0. The van der Waals surface area contributed by atoms with E-state index in [0.717, 1.165) is 20.8 Å². The van der Waals surface area contributed by atoms with Crippen molar-refractivity contribution in [1.29, 1.82) is 0 Å². The van der Waals surface area contributed by atoms with Crippen molar-refractivity contribution in [3.63, 3.8) is 0 Å². The number of aliphatic hydroxyl groups is 1. The molecule has 0 aliphatic heterocycles. The molecule has 0 aromatic carbocycles. The highest BCUT2D eigenvalue weighted by Gasteiger charge is 2.16. The van der Waals surface area contributed by atoms with E-state index in [9.17, 15) is 5.11 Å². The topological polar surface area (TPSA) is 97.0 Å². The Hall–Kier alpha value is -2.09. The Balaban J connectivity index is 1.97. The molecule has 1 unspecified atom stereocenters. The van der Waals surface area contributed by atoms with Crippen LogP contribution in [-0.2, 0) is 0 Å². The fraction of sp³-hybridized carbons (Fsp3) is 0.267. The lowest BCUT2D eigenvalue weighted by atomic mass is 10.2. The number of aryl methyl sites for hydroxylation is 1. The minimum absolute atomic E-state index is 0.0545. The van der Waals surface area contributed by atoms with Crippen LogP contribution in [0.5, 0.6) is 0 Å². The third-order valence-electron chi connectivity index (χ3n) is 3.28. The highest BCUT2D eigenvalue weighted by Crippen LogP contribution is 2.29. The van der Waals surface area contributed by atoms with E-state index < -0.39 is 6.23 Å². The Morgan fingerprint density at radius 3 is 2.82 bits per heavy atom. The largest absolute Gasteiger partial charge is 0.373 e. The van der Waals surface area contributed by atoms with E-state index >= 15 is 0 Å². The van der Waals surface area contributed by atoms with Gasteiger partial charge in [0.05, 0.1) is 22.0 Å². The SMILES string of the molecule is Cc1cc2nc(N[C@@H](C)c3ccccn3)nc(C(N)O)c2s1. The number of nitrogens with one attached hydrogen (secondary N) is 1. The Labute approximate surface area is 132 Å². The van der Waals surface area contributed by atoms with Crippen LogP contribution in [0, 0.1) is 6.92 Å². The molecule has 6 nitrogen and oxygen atoms in total. The Kier molecular flexibility index (Phi) is 4.02. The lowest BCUT2D eigenvalue weighted by Crippen LogP contribution is -2.15. The molecule has 0 bridgehead atoms. The number of aromatic nitrogens is 3. The molecule has 4 N–H and O–H groups in total. The van der Waals surface area contributed by atoms with E-state index in [4.69, 9.17) is 5.73 Å². The molecular formula is C15H17N5OS. The predicted molar refractivity (Wildman–Crippen MR) is 87.6 cm³/mol. The van der Waals surface area contributed by atoms with Gasteiger partial charge in [-0.2, -0.15) is 0 Å². The van der Waals surface area contributed by atoms with Crippen LogP contribution in [-0.4, -0.2) is 20.1 Å². The molecule has 3 aromatic heterocycles. The van der Waals surface area contributed by atoms with Gasteiger partial charge in [-0.25, -0.2) is 9.97 Å². The highest BCUT2D eigenvalue weighted by molar-refractivity contribution is 7.19. The first-order valence-corrected chi connectivity index (χ1v) is 7.75. The van der Waals surface area contributed by atoms with Crippen LogP contribution in [0.2, 0.25) is 0 Å². The van der Waals surface area contributed by atoms with E-state index in [1.165, 1.54) is 11.3 Å². The van der Waals surface area contributed by atoms with Gasteiger partial charge in [-0.15, -0.1) is 11.3 Å². The summed E-state index contributed by atoms with van der Waals surface area (Å²) in [6, 6.07) is 7.65. The number of pyridine rings is 1. The second-order valence-corrected chi connectivity index (χ2v) is 6.33. The summed E-state index contributed by atoms with van der Waals surface area (Å²) in [6.45, 7) is 3.97. The van der Waals surface area contributed by atoms with Gasteiger partial charge in [-0.1, -0.05) is 6.07 Å².